The number of ether oxygens (including phenoxy) is 1. The summed E-state index contributed by atoms with van der Waals surface area (Å²) < 4.78 is 30.6. The molecule has 0 amide bonds. The zero-order chi connectivity index (χ0) is 23.3. The molecule has 2 aromatic rings. The van der Waals surface area contributed by atoms with Crippen LogP contribution in [0.1, 0.15) is 15.9 Å². The molecule has 0 aromatic heterocycles. The van der Waals surface area contributed by atoms with Crippen molar-refractivity contribution in [2.75, 3.05) is 18.3 Å². The standard InChI is InChI=1S/C19H18BrNO9S/c1-30-12-2-4-13(5-3-12)31(28,29)9-21-16-10(7-15(18(24)25)19(26)27)6-11(20)8-14(16)17(22)23/h2-6,8,15,21H,7,9H2,1H3,(H,22,23)(H,24,25)(H,26,27). The molecule has 0 aliphatic carbocycles. The highest BCUT2D eigenvalue weighted by molar-refractivity contribution is 9.10. The second-order valence-corrected chi connectivity index (χ2v) is 9.24. The van der Waals surface area contributed by atoms with E-state index in [1.807, 2.05) is 0 Å². The molecular weight excluding hydrogens is 498 g/mol. The van der Waals surface area contributed by atoms with E-state index in [-0.39, 0.29) is 26.2 Å². The van der Waals surface area contributed by atoms with Crippen molar-refractivity contribution in [3.63, 3.8) is 0 Å². The fourth-order valence-electron chi connectivity index (χ4n) is 2.74. The lowest BCUT2D eigenvalue weighted by atomic mass is 9.96. The molecule has 12 heteroatoms. The zero-order valence-electron chi connectivity index (χ0n) is 16.0. The van der Waals surface area contributed by atoms with E-state index in [2.05, 4.69) is 21.2 Å². The number of carboxylic acids is 3. The van der Waals surface area contributed by atoms with E-state index in [9.17, 15) is 27.9 Å². The Kier molecular flexibility index (Phi) is 7.63. The number of aliphatic carboxylic acids is 2. The van der Waals surface area contributed by atoms with Crippen molar-refractivity contribution in [1.82, 2.24) is 0 Å². The van der Waals surface area contributed by atoms with Crippen LogP contribution < -0.4 is 10.1 Å². The maximum absolute atomic E-state index is 12.7. The molecule has 0 aliphatic heterocycles. The Morgan fingerprint density at radius 2 is 1.65 bits per heavy atom. The van der Waals surface area contributed by atoms with Gasteiger partial charge in [-0.15, -0.1) is 0 Å². The first-order valence-electron chi connectivity index (χ1n) is 8.58. The summed E-state index contributed by atoms with van der Waals surface area (Å²) in [4.78, 5) is 34.2. The summed E-state index contributed by atoms with van der Waals surface area (Å²) in [5.41, 5.74) is -0.504. The molecule has 166 valence electrons. The van der Waals surface area contributed by atoms with Crippen LogP contribution in [0.15, 0.2) is 45.8 Å². The van der Waals surface area contributed by atoms with Gasteiger partial charge >= 0.3 is 17.9 Å². The van der Waals surface area contributed by atoms with Crippen molar-refractivity contribution in [3.05, 3.63) is 52.0 Å². The topological polar surface area (TPSA) is 167 Å². The molecule has 2 aromatic carbocycles. The van der Waals surface area contributed by atoms with E-state index in [4.69, 9.17) is 14.9 Å². The fraction of sp³-hybridized carbons (Fsp3) is 0.211. The number of aromatic carboxylic acids is 1. The second kappa shape index (κ2) is 9.79. The van der Waals surface area contributed by atoms with Crippen LogP contribution in [0, 0.1) is 5.92 Å². The Morgan fingerprint density at radius 1 is 1.06 bits per heavy atom. The highest BCUT2D eigenvalue weighted by Gasteiger charge is 2.29. The molecule has 0 bridgehead atoms. The van der Waals surface area contributed by atoms with Crippen molar-refractivity contribution in [3.8, 4) is 5.75 Å². The Bertz CT molecular complexity index is 1100. The second-order valence-electron chi connectivity index (χ2n) is 6.34. The van der Waals surface area contributed by atoms with Crippen LogP contribution in [0.5, 0.6) is 5.75 Å². The minimum absolute atomic E-state index is 0.0199. The number of methoxy groups -OCH3 is 1. The van der Waals surface area contributed by atoms with Gasteiger partial charge in [-0.05, 0) is 48.4 Å². The third-order valence-electron chi connectivity index (χ3n) is 4.29. The van der Waals surface area contributed by atoms with Gasteiger partial charge < -0.3 is 25.4 Å². The van der Waals surface area contributed by atoms with Gasteiger partial charge in [0.15, 0.2) is 15.8 Å². The van der Waals surface area contributed by atoms with Gasteiger partial charge in [-0.3, -0.25) is 9.59 Å². The highest BCUT2D eigenvalue weighted by Crippen LogP contribution is 2.30. The van der Waals surface area contributed by atoms with Crippen molar-refractivity contribution in [1.29, 1.82) is 0 Å². The minimum Gasteiger partial charge on any atom is -0.497 e. The van der Waals surface area contributed by atoms with E-state index in [0.29, 0.717) is 5.75 Å². The van der Waals surface area contributed by atoms with Gasteiger partial charge in [-0.2, -0.15) is 0 Å². The van der Waals surface area contributed by atoms with Crippen molar-refractivity contribution in [2.24, 2.45) is 5.92 Å². The van der Waals surface area contributed by atoms with Crippen LogP contribution in [0.4, 0.5) is 5.69 Å². The molecule has 0 atom stereocenters. The lowest BCUT2D eigenvalue weighted by Crippen LogP contribution is -2.26. The monoisotopic (exact) mass is 515 g/mol. The smallest absolute Gasteiger partial charge is 0.337 e. The minimum atomic E-state index is -3.92. The van der Waals surface area contributed by atoms with Crippen LogP contribution in [0.25, 0.3) is 0 Å². The number of rotatable bonds is 10. The molecule has 10 nitrogen and oxygen atoms in total. The summed E-state index contributed by atoms with van der Waals surface area (Å²) >= 11 is 3.10. The fourth-order valence-corrected chi connectivity index (χ4v) is 4.29. The number of halogens is 1. The summed E-state index contributed by atoms with van der Waals surface area (Å²) in [7, 11) is -2.49. The Labute approximate surface area is 185 Å². The van der Waals surface area contributed by atoms with Crippen LogP contribution >= 0.6 is 15.9 Å². The van der Waals surface area contributed by atoms with Crippen LogP contribution in [-0.2, 0) is 25.8 Å². The van der Waals surface area contributed by atoms with E-state index in [1.165, 1.54) is 43.5 Å². The van der Waals surface area contributed by atoms with Gasteiger partial charge in [0.25, 0.3) is 0 Å². The molecule has 0 unspecified atom stereocenters. The molecular formula is C19H18BrNO9S. The molecule has 0 radical (unpaired) electrons. The lowest BCUT2D eigenvalue weighted by Gasteiger charge is -2.17. The van der Waals surface area contributed by atoms with Gasteiger partial charge in [-0.25, -0.2) is 13.2 Å². The number of benzene rings is 2. The predicted molar refractivity (Wildman–Crippen MR) is 112 cm³/mol. The molecule has 0 saturated carbocycles. The third kappa shape index (κ3) is 5.95. The summed E-state index contributed by atoms with van der Waals surface area (Å²) in [5, 5.41) is 30.4. The van der Waals surface area contributed by atoms with Gasteiger partial charge in [0.2, 0.25) is 0 Å². The predicted octanol–water partition coefficient (Wildman–Crippen LogP) is 2.33. The number of hydrogen-bond acceptors (Lipinski definition) is 7. The van der Waals surface area contributed by atoms with Crippen LogP contribution in [0.3, 0.4) is 0 Å². The van der Waals surface area contributed by atoms with Gasteiger partial charge in [0.05, 0.1) is 23.3 Å². The molecule has 0 saturated heterocycles. The third-order valence-corrected chi connectivity index (χ3v) is 6.27. The first kappa shape index (κ1) is 24.2. The van der Waals surface area contributed by atoms with Gasteiger partial charge in [-0.1, -0.05) is 15.9 Å². The summed E-state index contributed by atoms with van der Waals surface area (Å²) in [6.07, 6.45) is -0.560. The zero-order valence-corrected chi connectivity index (χ0v) is 18.4. The number of sulfone groups is 1. The number of hydrogen-bond donors (Lipinski definition) is 4. The number of carbonyl (C=O) groups is 3. The summed E-state index contributed by atoms with van der Waals surface area (Å²) in [5.74, 6) is -6.74. The first-order valence-corrected chi connectivity index (χ1v) is 11.0. The molecule has 2 rings (SSSR count). The Hall–Kier alpha value is -3.12. The molecule has 0 aliphatic rings. The highest BCUT2D eigenvalue weighted by atomic mass is 79.9. The average Bonchev–Trinajstić information content (AvgIpc) is 2.70. The van der Waals surface area contributed by atoms with Crippen LogP contribution in [-0.4, -0.2) is 54.6 Å². The van der Waals surface area contributed by atoms with Crippen molar-refractivity contribution in [2.45, 2.75) is 11.3 Å². The van der Waals surface area contributed by atoms with Gasteiger partial charge in [0.1, 0.15) is 11.6 Å². The van der Waals surface area contributed by atoms with E-state index >= 15 is 0 Å². The first-order chi connectivity index (χ1) is 14.5. The lowest BCUT2D eigenvalue weighted by molar-refractivity contribution is -0.154. The average molecular weight is 516 g/mol. The molecule has 0 spiro atoms. The molecule has 0 fully saturated rings. The SMILES string of the molecule is COc1ccc(S(=O)(=O)CNc2c(CC(C(=O)O)C(=O)O)cc(Br)cc2C(=O)O)cc1. The van der Waals surface area contributed by atoms with Gasteiger partial charge in [0, 0.05) is 4.47 Å². The van der Waals surface area contributed by atoms with Crippen molar-refractivity contribution < 1.29 is 42.9 Å². The number of carboxylic acid groups (broad SMARTS) is 3. The quantitative estimate of drug-likeness (QED) is 0.344. The number of anilines is 1. The number of nitrogens with one attached hydrogen (secondary N) is 1. The van der Waals surface area contributed by atoms with E-state index in [1.54, 1.807) is 0 Å². The van der Waals surface area contributed by atoms with Crippen LogP contribution in [0.2, 0.25) is 0 Å². The van der Waals surface area contributed by atoms with E-state index in [0.717, 1.165) is 0 Å². The molecule has 31 heavy (non-hydrogen) atoms. The molecule has 4 N–H and O–H groups in total. The normalized spacial score (nSPS) is 11.2. The summed E-state index contributed by atoms with van der Waals surface area (Å²) in [6.45, 7) is 0. The largest absolute Gasteiger partial charge is 0.497 e. The molecule has 0 heterocycles. The van der Waals surface area contributed by atoms with Crippen molar-refractivity contribution >= 4 is 49.4 Å². The Morgan fingerprint density at radius 3 is 2.13 bits per heavy atom. The summed E-state index contributed by atoms with van der Waals surface area (Å²) in [6, 6.07) is 8.08. The van der Waals surface area contributed by atoms with E-state index < -0.39 is 46.0 Å². The Balaban J connectivity index is 2.44. The maximum Gasteiger partial charge on any atom is 0.337 e. The maximum atomic E-state index is 12.7.